The lowest BCUT2D eigenvalue weighted by Gasteiger charge is -2.21. The van der Waals surface area contributed by atoms with E-state index in [2.05, 4.69) is 17.7 Å². The topological polar surface area (TPSA) is 260 Å². The number of para-hydroxylation sites is 1. The summed E-state index contributed by atoms with van der Waals surface area (Å²) >= 11 is 0. The van der Waals surface area contributed by atoms with Gasteiger partial charge in [-0.2, -0.15) is 8.62 Å². The van der Waals surface area contributed by atoms with Crippen LogP contribution in [0.1, 0.15) is 18.6 Å². The Bertz CT molecular complexity index is 1360. The van der Waals surface area contributed by atoms with Crippen LogP contribution < -0.4 is 9.47 Å². The van der Waals surface area contributed by atoms with Gasteiger partial charge >= 0.3 is 23.5 Å². The van der Waals surface area contributed by atoms with Crippen LogP contribution in [0.2, 0.25) is 0 Å². The molecule has 2 aromatic carbocycles. The highest BCUT2D eigenvalue weighted by Crippen LogP contribution is 2.68. The summed E-state index contributed by atoms with van der Waals surface area (Å²) in [5, 5.41) is 31.5. The molecule has 2 aromatic rings. The average molecular weight is 645 g/mol. The van der Waals surface area contributed by atoms with Crippen LogP contribution in [0.3, 0.4) is 0 Å². The zero-order chi connectivity index (χ0) is 30.6. The van der Waals surface area contributed by atoms with Gasteiger partial charge in [-0.05, 0) is 37.3 Å². The van der Waals surface area contributed by atoms with E-state index in [4.69, 9.17) is 14.2 Å². The monoisotopic (exact) mass is 645 g/mol. The molecule has 0 aliphatic carbocycles. The zero-order valence-corrected chi connectivity index (χ0v) is 23.8. The van der Waals surface area contributed by atoms with Crippen molar-refractivity contribution in [3.05, 3.63) is 64.2 Å². The van der Waals surface area contributed by atoms with Crippen molar-refractivity contribution in [2.75, 3.05) is 13.7 Å². The van der Waals surface area contributed by atoms with Crippen LogP contribution in [0, 0.1) is 10.1 Å². The summed E-state index contributed by atoms with van der Waals surface area (Å²) in [4.78, 5) is 39.8. The quantitative estimate of drug-likeness (QED) is 0.112. The Morgan fingerprint density at radius 2 is 1.51 bits per heavy atom. The molecule has 1 saturated heterocycles. The first-order chi connectivity index (χ1) is 19.0. The van der Waals surface area contributed by atoms with E-state index in [1.54, 1.807) is 12.1 Å². The van der Waals surface area contributed by atoms with Crippen molar-refractivity contribution in [2.24, 2.45) is 0 Å². The normalized spacial score (nSPS) is 25.8. The molecule has 3 rings (SSSR count). The van der Waals surface area contributed by atoms with Gasteiger partial charge in [-0.1, -0.05) is 12.1 Å². The SMILES string of the molecule is COc1ccc(O[C@@H]2O[C@H](COP(=O)(O)OP(=O)(O)OP(=O)(O)OC(C)c3ccccc3[N+](=O)[O-])[C@@H](O)[C@H]2O)cc1. The molecule has 0 radical (unpaired) electrons. The van der Waals surface area contributed by atoms with E-state index in [0.717, 1.165) is 13.0 Å². The van der Waals surface area contributed by atoms with Gasteiger partial charge in [0.2, 0.25) is 6.29 Å². The molecule has 0 bridgehead atoms. The Morgan fingerprint density at radius 1 is 0.927 bits per heavy atom. The van der Waals surface area contributed by atoms with E-state index in [1.165, 1.54) is 37.4 Å². The molecular formula is C20H26NO17P3. The minimum Gasteiger partial charge on any atom is -0.497 e. The Labute approximate surface area is 231 Å². The van der Waals surface area contributed by atoms with Crippen LogP contribution >= 0.6 is 23.5 Å². The van der Waals surface area contributed by atoms with Crippen LogP contribution in [0.4, 0.5) is 5.69 Å². The number of hydrogen-bond donors (Lipinski definition) is 5. The molecule has 5 N–H and O–H groups in total. The number of methoxy groups -OCH3 is 1. The van der Waals surface area contributed by atoms with Gasteiger partial charge in [0.05, 0.1) is 30.3 Å². The number of nitrogens with zero attached hydrogens (tertiary/aromatic N) is 1. The van der Waals surface area contributed by atoms with Crippen LogP contribution in [0.15, 0.2) is 48.5 Å². The second-order valence-electron chi connectivity index (χ2n) is 8.25. The van der Waals surface area contributed by atoms with E-state index < -0.39 is 71.4 Å². The summed E-state index contributed by atoms with van der Waals surface area (Å²) in [7, 11) is -15.5. The molecule has 1 fully saturated rings. The maximum atomic E-state index is 12.3. The predicted molar refractivity (Wildman–Crippen MR) is 134 cm³/mol. The van der Waals surface area contributed by atoms with Gasteiger partial charge < -0.3 is 39.1 Å². The third kappa shape index (κ3) is 9.36. The summed E-state index contributed by atoms with van der Waals surface area (Å²) in [5.74, 6) is 0.726. The summed E-state index contributed by atoms with van der Waals surface area (Å²) in [5.41, 5.74) is -0.679. The Morgan fingerprint density at radius 3 is 2.12 bits per heavy atom. The number of phosphoric acid groups is 3. The van der Waals surface area contributed by atoms with Crippen molar-refractivity contribution in [1.29, 1.82) is 0 Å². The van der Waals surface area contributed by atoms with Crippen molar-refractivity contribution >= 4 is 29.2 Å². The fourth-order valence-corrected chi connectivity index (χ4v) is 7.14. The number of phosphoric ester groups is 2. The number of aliphatic hydroxyl groups is 2. The van der Waals surface area contributed by atoms with Crippen molar-refractivity contribution in [3.8, 4) is 11.5 Å². The van der Waals surface area contributed by atoms with Gasteiger partial charge in [0.15, 0.2) is 0 Å². The van der Waals surface area contributed by atoms with E-state index in [9.17, 15) is 48.7 Å². The summed E-state index contributed by atoms with van der Waals surface area (Å²) in [6.07, 6.45) is -7.81. The van der Waals surface area contributed by atoms with Crippen LogP contribution in [0.5, 0.6) is 11.5 Å². The molecule has 41 heavy (non-hydrogen) atoms. The highest BCUT2D eigenvalue weighted by Gasteiger charge is 2.47. The zero-order valence-electron chi connectivity index (χ0n) is 21.1. The molecular weight excluding hydrogens is 619 g/mol. The molecule has 18 nitrogen and oxygen atoms in total. The first-order valence-electron chi connectivity index (χ1n) is 11.3. The number of benzene rings is 2. The molecule has 4 unspecified atom stereocenters. The fraction of sp³-hybridized carbons (Fsp3) is 0.400. The molecule has 1 aliphatic rings. The first-order valence-corrected chi connectivity index (χ1v) is 15.8. The summed E-state index contributed by atoms with van der Waals surface area (Å²) in [6.45, 7) is 0.112. The predicted octanol–water partition coefficient (Wildman–Crippen LogP) is 2.56. The van der Waals surface area contributed by atoms with Crippen molar-refractivity contribution in [2.45, 2.75) is 37.6 Å². The van der Waals surface area contributed by atoms with Crippen molar-refractivity contribution in [3.63, 3.8) is 0 Å². The molecule has 8 atom stereocenters. The molecule has 21 heteroatoms. The number of hydrogen-bond acceptors (Lipinski definition) is 14. The van der Waals surface area contributed by atoms with E-state index in [-0.39, 0.29) is 11.3 Å². The molecule has 0 saturated carbocycles. The van der Waals surface area contributed by atoms with Crippen molar-refractivity contribution < 1.29 is 75.4 Å². The second-order valence-corrected chi connectivity index (χ2v) is 12.8. The minimum atomic E-state index is -5.87. The summed E-state index contributed by atoms with van der Waals surface area (Å²) in [6, 6.07) is 11.0. The lowest BCUT2D eigenvalue weighted by molar-refractivity contribution is -0.386. The molecule has 228 valence electrons. The Balaban J connectivity index is 1.56. The first kappa shape index (κ1) is 33.2. The van der Waals surface area contributed by atoms with Gasteiger partial charge in [-0.15, -0.1) is 0 Å². The van der Waals surface area contributed by atoms with Crippen LogP contribution in [-0.4, -0.2) is 68.1 Å². The molecule has 0 amide bonds. The third-order valence-corrected chi connectivity index (χ3v) is 9.67. The van der Waals surface area contributed by atoms with E-state index in [0.29, 0.717) is 5.75 Å². The fourth-order valence-electron chi connectivity index (χ4n) is 3.48. The number of ether oxygens (including phenoxy) is 3. The summed E-state index contributed by atoms with van der Waals surface area (Å²) < 4.78 is 69.6. The smallest absolute Gasteiger partial charge is 0.490 e. The number of rotatable bonds is 14. The standard InChI is InChI=1S/C20H26NO17P3/c1-12(15-5-3-4-6-16(15)21(24)25)36-40(28,29)38-41(30,31)37-39(26,27)33-11-17-18(22)19(23)20(35-17)34-14-9-7-13(32-2)8-10-14/h3-10,12,17-20,22-23H,11H2,1-2H3,(H,26,27)(H,28,29)(H,30,31)/t12?,17-,18-,19-,20-/m1/s1. The van der Waals surface area contributed by atoms with Crippen LogP contribution in [0.25, 0.3) is 0 Å². The number of nitro benzene ring substituents is 1. The molecule has 1 aliphatic heterocycles. The van der Waals surface area contributed by atoms with Gasteiger partial charge in [0, 0.05) is 6.07 Å². The third-order valence-electron chi connectivity index (χ3n) is 5.31. The van der Waals surface area contributed by atoms with Gasteiger partial charge in [0.25, 0.3) is 5.69 Å². The van der Waals surface area contributed by atoms with Gasteiger partial charge in [-0.25, -0.2) is 13.7 Å². The average Bonchev–Trinajstić information content (AvgIpc) is 3.14. The molecule has 0 spiro atoms. The Kier molecular flexibility index (Phi) is 10.8. The van der Waals surface area contributed by atoms with Gasteiger partial charge in [0.1, 0.15) is 29.8 Å². The second kappa shape index (κ2) is 13.4. The lowest BCUT2D eigenvalue weighted by atomic mass is 10.1. The largest absolute Gasteiger partial charge is 0.497 e. The van der Waals surface area contributed by atoms with Crippen LogP contribution in [-0.2, 0) is 36.1 Å². The number of aliphatic hydroxyl groups excluding tert-OH is 2. The molecule has 1 heterocycles. The highest BCUT2D eigenvalue weighted by molar-refractivity contribution is 7.66. The minimum absolute atomic E-state index is 0.188. The van der Waals surface area contributed by atoms with E-state index >= 15 is 0 Å². The van der Waals surface area contributed by atoms with Gasteiger partial charge in [-0.3, -0.25) is 19.2 Å². The van der Waals surface area contributed by atoms with E-state index in [1.807, 2.05) is 0 Å². The van der Waals surface area contributed by atoms with Crippen molar-refractivity contribution in [1.82, 2.24) is 0 Å². The number of nitro groups is 1. The highest BCUT2D eigenvalue weighted by atomic mass is 31.3. The molecule has 0 aromatic heterocycles. The Hall–Kier alpha value is -2.27. The maximum Gasteiger partial charge on any atom is 0.490 e. The maximum absolute atomic E-state index is 12.3. The lowest BCUT2D eigenvalue weighted by Crippen LogP contribution is -2.35.